The molecule has 0 bridgehead atoms. The Morgan fingerprint density at radius 2 is 2.04 bits per heavy atom. The molecule has 1 amide bonds. The number of H-pyrrole nitrogens is 1. The number of hydrogen-bond donors (Lipinski definition) is 3. The number of aromatic nitrogens is 2. The molecule has 2 heterocycles. The fourth-order valence-electron chi connectivity index (χ4n) is 3.92. The first-order valence-corrected chi connectivity index (χ1v) is 8.83. The van der Waals surface area contributed by atoms with Crippen molar-refractivity contribution in [1.29, 1.82) is 0 Å². The van der Waals surface area contributed by atoms with Crippen LogP contribution in [0.2, 0.25) is 0 Å². The number of fused-ring (bicyclic) bond motifs is 4. The highest BCUT2D eigenvalue weighted by Crippen LogP contribution is 2.42. The van der Waals surface area contributed by atoms with E-state index >= 15 is 0 Å². The summed E-state index contributed by atoms with van der Waals surface area (Å²) in [6.07, 6.45) is 4.15. The highest BCUT2D eigenvalue weighted by atomic mass is 16.3. The quantitative estimate of drug-likeness (QED) is 0.460. The van der Waals surface area contributed by atoms with E-state index in [2.05, 4.69) is 27.4 Å². The van der Waals surface area contributed by atoms with Crippen LogP contribution in [0.4, 0.5) is 5.69 Å². The zero-order valence-corrected chi connectivity index (χ0v) is 14.5. The average Bonchev–Trinajstić information content (AvgIpc) is 3.33. The number of carbonyl (C=O) groups excluding carboxylic acids is 1. The maximum Gasteiger partial charge on any atom is 0.256 e. The second-order valence-electron chi connectivity index (χ2n) is 6.67. The van der Waals surface area contributed by atoms with Gasteiger partial charge in [-0.05, 0) is 46.0 Å². The minimum absolute atomic E-state index is 0.0286. The molecule has 0 unspecified atom stereocenters. The molecule has 5 nitrogen and oxygen atoms in total. The number of anilines is 1. The Hall–Kier alpha value is -3.44. The molecule has 0 saturated heterocycles. The van der Waals surface area contributed by atoms with Crippen LogP contribution in [0.25, 0.3) is 22.2 Å². The topological polar surface area (TPSA) is 78.0 Å². The van der Waals surface area contributed by atoms with Gasteiger partial charge in [0.1, 0.15) is 5.65 Å². The van der Waals surface area contributed by atoms with E-state index in [9.17, 15) is 9.90 Å². The molecule has 3 N–H and O–H groups in total. The number of carbonyl (C=O) groups is 1. The van der Waals surface area contributed by atoms with Gasteiger partial charge in [0.25, 0.3) is 5.91 Å². The van der Waals surface area contributed by atoms with Gasteiger partial charge in [0.05, 0.1) is 12.2 Å². The lowest BCUT2D eigenvalue weighted by Gasteiger charge is -2.14. The maximum absolute atomic E-state index is 13.0. The fourth-order valence-corrected chi connectivity index (χ4v) is 3.92. The second-order valence-corrected chi connectivity index (χ2v) is 6.67. The van der Waals surface area contributed by atoms with Crippen molar-refractivity contribution in [3.63, 3.8) is 0 Å². The normalized spacial score (nSPS) is 12.0. The van der Waals surface area contributed by atoms with Crippen LogP contribution in [0.5, 0.6) is 0 Å². The predicted octanol–water partition coefficient (Wildman–Crippen LogP) is 3.88. The number of aliphatic hydroxyl groups excluding tert-OH is 1. The van der Waals surface area contributed by atoms with Crippen LogP contribution in [0.3, 0.4) is 0 Å². The van der Waals surface area contributed by atoms with Gasteiger partial charge < -0.3 is 15.4 Å². The molecule has 0 spiro atoms. The third kappa shape index (κ3) is 2.44. The minimum atomic E-state index is -0.170. The second kappa shape index (κ2) is 6.07. The monoisotopic (exact) mass is 355 g/mol. The van der Waals surface area contributed by atoms with Crippen LogP contribution in [0, 0.1) is 0 Å². The lowest BCUT2D eigenvalue weighted by atomic mass is 9.98. The molecular formula is C22H17N3O2. The third-order valence-corrected chi connectivity index (χ3v) is 5.18. The third-order valence-electron chi connectivity index (χ3n) is 5.18. The van der Waals surface area contributed by atoms with E-state index in [4.69, 9.17) is 0 Å². The number of amides is 1. The first-order chi connectivity index (χ1) is 13.3. The number of pyridine rings is 1. The van der Waals surface area contributed by atoms with Gasteiger partial charge >= 0.3 is 0 Å². The molecule has 0 radical (unpaired) electrons. The van der Waals surface area contributed by atoms with Gasteiger partial charge in [0, 0.05) is 29.9 Å². The van der Waals surface area contributed by atoms with Crippen molar-refractivity contribution in [3.05, 3.63) is 83.2 Å². The molecule has 2 aromatic carbocycles. The lowest BCUT2D eigenvalue weighted by Crippen LogP contribution is -2.14. The van der Waals surface area contributed by atoms with E-state index < -0.39 is 0 Å². The van der Waals surface area contributed by atoms with E-state index in [1.165, 1.54) is 5.56 Å². The minimum Gasteiger partial charge on any atom is -0.392 e. The van der Waals surface area contributed by atoms with Gasteiger partial charge in [-0.15, -0.1) is 0 Å². The van der Waals surface area contributed by atoms with Crippen molar-refractivity contribution < 1.29 is 9.90 Å². The zero-order chi connectivity index (χ0) is 18.4. The highest BCUT2D eigenvalue weighted by Gasteiger charge is 2.24. The Labute approximate surface area is 155 Å². The smallest absolute Gasteiger partial charge is 0.256 e. The Morgan fingerprint density at radius 1 is 1.15 bits per heavy atom. The van der Waals surface area contributed by atoms with Crippen LogP contribution in [0.15, 0.2) is 60.9 Å². The summed E-state index contributed by atoms with van der Waals surface area (Å²) < 4.78 is 0. The molecule has 1 aliphatic carbocycles. The van der Waals surface area contributed by atoms with E-state index in [-0.39, 0.29) is 12.5 Å². The van der Waals surface area contributed by atoms with E-state index in [0.29, 0.717) is 11.2 Å². The molecule has 2 aromatic heterocycles. The van der Waals surface area contributed by atoms with E-state index in [1.807, 2.05) is 30.3 Å². The summed E-state index contributed by atoms with van der Waals surface area (Å²) in [7, 11) is 0. The zero-order valence-electron chi connectivity index (χ0n) is 14.5. The summed E-state index contributed by atoms with van der Waals surface area (Å²) in [4.78, 5) is 20.2. The van der Waals surface area contributed by atoms with Gasteiger partial charge in [0.15, 0.2) is 0 Å². The molecule has 27 heavy (non-hydrogen) atoms. The summed E-state index contributed by atoms with van der Waals surface area (Å²) in [5.74, 6) is -0.170. The van der Waals surface area contributed by atoms with E-state index in [1.54, 1.807) is 18.5 Å². The SMILES string of the molecule is O=C(Nc1ccc(CO)c2c1Cc1ccccc1-2)c1ccnc2[nH]ccc12. The molecule has 4 aromatic rings. The van der Waals surface area contributed by atoms with Crippen LogP contribution in [-0.2, 0) is 13.0 Å². The van der Waals surface area contributed by atoms with E-state index in [0.717, 1.165) is 39.7 Å². The predicted molar refractivity (Wildman–Crippen MR) is 105 cm³/mol. The Kier molecular flexibility index (Phi) is 3.55. The summed E-state index contributed by atoms with van der Waals surface area (Å²) in [6, 6.07) is 15.5. The standard InChI is InChI=1S/C22H17N3O2/c26-12-14-5-6-19(18-11-13-3-1-2-4-15(13)20(14)18)25-22(27)17-8-10-24-21-16(17)7-9-23-21/h1-10,26H,11-12H2,(H,23,24)(H,25,27). The number of nitrogens with one attached hydrogen (secondary N) is 2. The van der Waals surface area contributed by atoms with Crippen LogP contribution >= 0.6 is 0 Å². The molecule has 0 fully saturated rings. The maximum atomic E-state index is 13.0. The van der Waals surface area contributed by atoms with Gasteiger partial charge in [-0.25, -0.2) is 4.98 Å². The summed E-state index contributed by atoms with van der Waals surface area (Å²) in [5.41, 5.74) is 7.36. The number of nitrogens with zero attached hydrogens (tertiary/aromatic N) is 1. The Bertz CT molecular complexity index is 1190. The van der Waals surface area contributed by atoms with Gasteiger partial charge in [-0.1, -0.05) is 30.3 Å². The molecule has 5 heteroatoms. The van der Waals surface area contributed by atoms with Crippen LogP contribution < -0.4 is 5.32 Å². The Balaban J connectivity index is 1.58. The van der Waals surface area contributed by atoms with Crippen molar-refractivity contribution in [2.24, 2.45) is 0 Å². The molecule has 0 aliphatic heterocycles. The number of benzene rings is 2. The summed E-state index contributed by atoms with van der Waals surface area (Å²) in [6.45, 7) is -0.0286. The number of aromatic amines is 1. The highest BCUT2D eigenvalue weighted by molar-refractivity contribution is 6.12. The largest absolute Gasteiger partial charge is 0.392 e. The van der Waals surface area contributed by atoms with Crippen molar-refractivity contribution in [2.45, 2.75) is 13.0 Å². The number of hydrogen-bond acceptors (Lipinski definition) is 3. The molecule has 0 atom stereocenters. The Morgan fingerprint density at radius 3 is 2.93 bits per heavy atom. The lowest BCUT2D eigenvalue weighted by molar-refractivity contribution is 0.102. The van der Waals surface area contributed by atoms with Gasteiger partial charge in [-0.3, -0.25) is 4.79 Å². The van der Waals surface area contributed by atoms with Crippen molar-refractivity contribution in [2.75, 3.05) is 5.32 Å². The van der Waals surface area contributed by atoms with Crippen molar-refractivity contribution >= 4 is 22.6 Å². The summed E-state index contributed by atoms with van der Waals surface area (Å²) in [5, 5.41) is 13.6. The molecule has 0 saturated carbocycles. The first kappa shape index (κ1) is 15.8. The molecule has 1 aliphatic rings. The molecular weight excluding hydrogens is 338 g/mol. The van der Waals surface area contributed by atoms with Crippen molar-refractivity contribution in [1.82, 2.24) is 9.97 Å². The van der Waals surface area contributed by atoms with Crippen LogP contribution in [0.1, 0.15) is 27.0 Å². The van der Waals surface area contributed by atoms with Gasteiger partial charge in [0.2, 0.25) is 0 Å². The number of rotatable bonds is 3. The van der Waals surface area contributed by atoms with Crippen molar-refractivity contribution in [3.8, 4) is 11.1 Å². The van der Waals surface area contributed by atoms with Gasteiger partial charge in [-0.2, -0.15) is 0 Å². The first-order valence-electron chi connectivity index (χ1n) is 8.83. The molecule has 5 rings (SSSR count). The summed E-state index contributed by atoms with van der Waals surface area (Å²) >= 11 is 0. The average molecular weight is 355 g/mol. The fraction of sp³-hybridized carbons (Fsp3) is 0.0909. The molecule has 132 valence electrons. The number of aliphatic hydroxyl groups is 1. The van der Waals surface area contributed by atoms with Crippen LogP contribution in [-0.4, -0.2) is 21.0 Å².